The molecule has 1 aromatic carbocycles. The highest BCUT2D eigenvalue weighted by molar-refractivity contribution is 7.89. The van der Waals surface area contributed by atoms with Crippen LogP contribution in [0.15, 0.2) is 84.4 Å². The number of nitrogens with two attached hydrogens (primary N) is 1. The largest absolute Gasteiger partial charge is 0.573 e. The minimum Gasteiger partial charge on any atom is -0.480 e. The van der Waals surface area contributed by atoms with Gasteiger partial charge in [0.1, 0.15) is 29.5 Å². The molecule has 0 aliphatic carbocycles. The standard InChI is InChI=1S/C18H15F3N6O5S.C10H10N2S/c19-18(20,21)32-11-1-3-12(4-2-11)33(30,31)27-6-5-26(9-14(27)17(28)29)15-8-23-13-7-22-10-24-16(13)25-15;11-7-8-4-5-10(13-8)9-3-1-2-6-12-9/h1-4,7-8,10,14H,5-6,9H2,(H,28,29);1-6H,7,11H2/t14-;/m1./s1. The molecule has 1 saturated heterocycles. The van der Waals surface area contributed by atoms with Crippen molar-refractivity contribution in [3.8, 4) is 16.3 Å². The van der Waals surface area contributed by atoms with E-state index in [0.29, 0.717) is 23.5 Å². The first-order chi connectivity index (χ1) is 21.9. The van der Waals surface area contributed by atoms with Crippen molar-refractivity contribution in [3.63, 3.8) is 0 Å². The van der Waals surface area contributed by atoms with Gasteiger partial charge in [0, 0.05) is 37.3 Å². The lowest BCUT2D eigenvalue weighted by molar-refractivity contribution is -0.274. The summed E-state index contributed by atoms with van der Waals surface area (Å²) in [6.07, 6.45) is 1.04. The van der Waals surface area contributed by atoms with Crippen molar-refractivity contribution in [1.82, 2.24) is 29.2 Å². The molecule has 1 aliphatic rings. The van der Waals surface area contributed by atoms with Crippen LogP contribution in [0.3, 0.4) is 0 Å². The Morgan fingerprint density at radius 1 is 1.04 bits per heavy atom. The Bertz CT molecular complexity index is 1910. The zero-order valence-corrected chi connectivity index (χ0v) is 25.3. The summed E-state index contributed by atoms with van der Waals surface area (Å²) in [5.74, 6) is -1.67. The number of piperazine rings is 1. The summed E-state index contributed by atoms with van der Waals surface area (Å²) in [6.45, 7) is 0.278. The number of anilines is 1. The van der Waals surface area contributed by atoms with Crippen molar-refractivity contribution in [1.29, 1.82) is 0 Å². The van der Waals surface area contributed by atoms with Crippen LogP contribution in [0.4, 0.5) is 19.0 Å². The van der Waals surface area contributed by atoms with E-state index in [1.165, 1.54) is 28.5 Å². The molecule has 0 amide bonds. The van der Waals surface area contributed by atoms with Gasteiger partial charge >= 0.3 is 12.3 Å². The molecule has 0 saturated carbocycles. The highest BCUT2D eigenvalue weighted by Gasteiger charge is 2.41. The summed E-state index contributed by atoms with van der Waals surface area (Å²) in [5, 5.41) is 9.69. The van der Waals surface area contributed by atoms with E-state index in [4.69, 9.17) is 5.73 Å². The van der Waals surface area contributed by atoms with Crippen LogP contribution in [-0.4, -0.2) is 80.8 Å². The predicted octanol–water partition coefficient (Wildman–Crippen LogP) is 3.55. The zero-order chi connectivity index (χ0) is 32.9. The fraction of sp³-hybridized carbons (Fsp3) is 0.214. The number of alkyl halides is 3. The first-order valence-corrected chi connectivity index (χ1v) is 15.7. The van der Waals surface area contributed by atoms with E-state index in [0.717, 1.165) is 34.3 Å². The highest BCUT2D eigenvalue weighted by Crippen LogP contribution is 2.28. The molecule has 13 nitrogen and oxygen atoms in total. The Labute approximate surface area is 264 Å². The van der Waals surface area contributed by atoms with E-state index in [2.05, 4.69) is 41.8 Å². The molecule has 0 radical (unpaired) electrons. The lowest BCUT2D eigenvalue weighted by Gasteiger charge is -2.38. The molecule has 18 heteroatoms. The van der Waals surface area contributed by atoms with Gasteiger partial charge < -0.3 is 20.5 Å². The number of halogens is 3. The van der Waals surface area contributed by atoms with Crippen LogP contribution in [0.2, 0.25) is 0 Å². The number of carboxylic acid groups (broad SMARTS) is 1. The number of fused-ring (bicyclic) bond motifs is 1. The smallest absolute Gasteiger partial charge is 0.480 e. The van der Waals surface area contributed by atoms with Crippen molar-refractivity contribution >= 4 is 44.3 Å². The molecule has 0 spiro atoms. The molecular formula is C28H25F3N8O5S2. The molecule has 0 unspecified atom stereocenters. The quantitative estimate of drug-likeness (QED) is 0.257. The Hall–Kier alpha value is -4.78. The summed E-state index contributed by atoms with van der Waals surface area (Å²) < 4.78 is 67.6. The number of carbonyl (C=O) groups is 1. The third-order valence-corrected chi connectivity index (χ3v) is 9.65. The fourth-order valence-electron chi connectivity index (χ4n) is 4.46. The molecule has 1 atom stereocenters. The van der Waals surface area contributed by atoms with Crippen LogP contribution in [0.1, 0.15) is 4.88 Å². The number of benzene rings is 1. The van der Waals surface area contributed by atoms with Crippen LogP contribution in [0.25, 0.3) is 21.7 Å². The number of carboxylic acids is 1. The van der Waals surface area contributed by atoms with Gasteiger partial charge in [-0.25, -0.2) is 28.4 Å². The lowest BCUT2D eigenvalue weighted by atomic mass is 10.2. The highest BCUT2D eigenvalue weighted by atomic mass is 32.2. The maximum Gasteiger partial charge on any atom is 0.573 e. The molecule has 46 heavy (non-hydrogen) atoms. The second-order valence-electron chi connectivity index (χ2n) is 9.58. The van der Waals surface area contributed by atoms with Crippen molar-refractivity contribution in [2.24, 2.45) is 5.73 Å². The summed E-state index contributed by atoms with van der Waals surface area (Å²) in [5.41, 5.74) is 7.29. The van der Waals surface area contributed by atoms with E-state index in [1.807, 2.05) is 18.2 Å². The van der Waals surface area contributed by atoms with Gasteiger partial charge in [-0.05, 0) is 48.5 Å². The fourth-order valence-corrected chi connectivity index (χ4v) is 6.88. The average molecular weight is 675 g/mol. The van der Waals surface area contributed by atoms with Gasteiger partial charge in [0.25, 0.3) is 0 Å². The molecule has 240 valence electrons. The molecule has 1 aliphatic heterocycles. The normalized spacial score (nSPS) is 15.7. The van der Waals surface area contributed by atoms with E-state index >= 15 is 0 Å². The van der Waals surface area contributed by atoms with Crippen LogP contribution in [0.5, 0.6) is 5.75 Å². The number of rotatable bonds is 7. The topological polar surface area (TPSA) is 178 Å². The number of aliphatic carboxylic acids is 1. The second-order valence-corrected chi connectivity index (χ2v) is 12.6. The van der Waals surface area contributed by atoms with Crippen molar-refractivity contribution in [3.05, 3.63) is 84.4 Å². The molecule has 0 bridgehead atoms. The van der Waals surface area contributed by atoms with Crippen LogP contribution < -0.4 is 15.4 Å². The summed E-state index contributed by atoms with van der Waals surface area (Å²) in [4.78, 5) is 36.1. The average Bonchev–Trinajstić information content (AvgIpc) is 3.54. The molecule has 4 aromatic heterocycles. The number of thiophene rings is 1. The van der Waals surface area contributed by atoms with Gasteiger partial charge in [0.15, 0.2) is 5.65 Å². The number of hydrogen-bond donors (Lipinski definition) is 2. The van der Waals surface area contributed by atoms with Crippen molar-refractivity contribution in [2.75, 3.05) is 24.5 Å². The first kappa shape index (κ1) is 32.6. The third kappa shape index (κ3) is 7.71. The minimum atomic E-state index is -4.93. The molecule has 5 heterocycles. The molecule has 6 rings (SSSR count). The van der Waals surface area contributed by atoms with Crippen LogP contribution >= 0.6 is 11.3 Å². The van der Waals surface area contributed by atoms with Crippen LogP contribution in [0, 0.1) is 0 Å². The number of nitrogens with zero attached hydrogens (tertiary/aromatic N) is 7. The molecule has 1 fully saturated rings. The first-order valence-electron chi connectivity index (χ1n) is 13.4. The SMILES string of the molecule is NCc1ccc(-c2ccccn2)s1.O=C(O)[C@H]1CN(c2cnc3cncnc3n2)CCN1S(=O)(=O)c1ccc(OC(F)(F)F)cc1. The summed E-state index contributed by atoms with van der Waals surface area (Å²) >= 11 is 1.70. The van der Waals surface area contributed by atoms with Gasteiger partial charge in [-0.1, -0.05) is 6.07 Å². The van der Waals surface area contributed by atoms with Gasteiger partial charge in [0.2, 0.25) is 10.0 Å². The number of ether oxygens (including phenoxy) is 1. The molecule has 3 N–H and O–H groups in total. The third-order valence-electron chi connectivity index (χ3n) is 6.60. The van der Waals surface area contributed by atoms with Crippen molar-refractivity contribution in [2.45, 2.75) is 23.8 Å². The predicted molar refractivity (Wildman–Crippen MR) is 161 cm³/mol. The lowest BCUT2D eigenvalue weighted by Crippen LogP contribution is -2.58. The Morgan fingerprint density at radius 2 is 1.83 bits per heavy atom. The van der Waals surface area contributed by atoms with Gasteiger partial charge in [-0.15, -0.1) is 24.5 Å². The van der Waals surface area contributed by atoms with Gasteiger partial charge in [0.05, 0.1) is 27.9 Å². The van der Waals surface area contributed by atoms with E-state index in [9.17, 15) is 31.5 Å². The Kier molecular flexibility index (Phi) is 9.71. The number of pyridine rings is 1. The maximum atomic E-state index is 13.1. The monoisotopic (exact) mass is 674 g/mol. The zero-order valence-electron chi connectivity index (χ0n) is 23.6. The Balaban J connectivity index is 0.000000266. The Morgan fingerprint density at radius 3 is 2.48 bits per heavy atom. The summed E-state index contributed by atoms with van der Waals surface area (Å²) in [6, 6.07) is 12.1. The molecule has 5 aromatic rings. The molecular weight excluding hydrogens is 649 g/mol. The van der Waals surface area contributed by atoms with Crippen LogP contribution in [-0.2, 0) is 21.4 Å². The number of hydrogen-bond acceptors (Lipinski definition) is 12. The summed E-state index contributed by atoms with van der Waals surface area (Å²) in [7, 11) is -4.32. The second kappa shape index (κ2) is 13.7. The number of aromatic nitrogens is 5. The van der Waals surface area contributed by atoms with Gasteiger partial charge in [-0.3, -0.25) is 9.78 Å². The van der Waals surface area contributed by atoms with E-state index in [1.54, 1.807) is 22.4 Å². The number of sulfonamides is 1. The maximum absolute atomic E-state index is 13.1. The van der Waals surface area contributed by atoms with E-state index in [-0.39, 0.29) is 24.5 Å². The van der Waals surface area contributed by atoms with Gasteiger partial charge in [-0.2, -0.15) is 4.31 Å². The minimum absolute atomic E-state index is 0.101. The van der Waals surface area contributed by atoms with Crippen molar-refractivity contribution < 1.29 is 36.2 Å². The van der Waals surface area contributed by atoms with E-state index < -0.39 is 34.1 Å².